The van der Waals surface area contributed by atoms with Gasteiger partial charge in [-0.05, 0) is 12.1 Å². The molecule has 1 aromatic heterocycles. The van der Waals surface area contributed by atoms with Crippen molar-refractivity contribution in [3.63, 3.8) is 0 Å². The van der Waals surface area contributed by atoms with Crippen molar-refractivity contribution in [2.45, 2.75) is 0 Å². The summed E-state index contributed by atoms with van der Waals surface area (Å²) in [4.78, 5) is 16.1. The Morgan fingerprint density at radius 3 is 2.82 bits per heavy atom. The molecule has 0 aliphatic heterocycles. The predicted octanol–water partition coefficient (Wildman–Crippen LogP) is 2.40. The first-order valence-electron chi connectivity index (χ1n) is 6.18. The summed E-state index contributed by atoms with van der Waals surface area (Å²) in [5, 5.41) is 4.86. The topological polar surface area (TPSA) is 79.4 Å². The monoisotopic (exact) mass is 403 g/mol. The van der Waals surface area contributed by atoms with Gasteiger partial charge in [-0.3, -0.25) is 4.79 Å². The van der Waals surface area contributed by atoms with E-state index in [1.807, 2.05) is 29.6 Å². The van der Waals surface area contributed by atoms with Crippen LogP contribution < -0.4 is 5.32 Å². The molecule has 22 heavy (non-hydrogen) atoms. The van der Waals surface area contributed by atoms with Crippen molar-refractivity contribution in [2.75, 3.05) is 25.2 Å². The lowest BCUT2D eigenvalue weighted by Gasteiger charge is -2.12. The van der Waals surface area contributed by atoms with Gasteiger partial charge in [0, 0.05) is 22.5 Å². The number of aromatic nitrogens is 1. The Balaban J connectivity index is 2.05. The predicted molar refractivity (Wildman–Crippen MR) is 91.4 cm³/mol. The number of halogens is 1. The van der Waals surface area contributed by atoms with Crippen LogP contribution in [0.5, 0.6) is 0 Å². The molecule has 9 heteroatoms. The molecule has 0 fully saturated rings. The molecule has 1 N–H and O–H groups in total. The molecule has 0 unspecified atom stereocenters. The summed E-state index contributed by atoms with van der Waals surface area (Å²) >= 11 is 4.68. The number of likely N-dealkylation sites (N-methyl/N-ethyl adjacent to an activating group) is 1. The highest BCUT2D eigenvalue weighted by Crippen LogP contribution is 2.26. The van der Waals surface area contributed by atoms with Crippen LogP contribution in [0.1, 0.15) is 0 Å². The Morgan fingerprint density at radius 1 is 1.45 bits per heavy atom. The summed E-state index contributed by atoms with van der Waals surface area (Å²) in [5.74, 6) is -0.428. The molecule has 0 saturated heterocycles. The van der Waals surface area contributed by atoms with Gasteiger partial charge in [-0.15, -0.1) is 11.3 Å². The van der Waals surface area contributed by atoms with Gasteiger partial charge in [0.2, 0.25) is 15.9 Å². The minimum absolute atomic E-state index is 0.245. The summed E-state index contributed by atoms with van der Waals surface area (Å²) in [5.41, 5.74) is 1.68. The van der Waals surface area contributed by atoms with E-state index < -0.39 is 15.9 Å². The Kier molecular flexibility index (Phi) is 5.32. The fourth-order valence-corrected chi connectivity index (χ4v) is 3.08. The van der Waals surface area contributed by atoms with Crippen molar-refractivity contribution >= 4 is 48.3 Å². The van der Waals surface area contributed by atoms with Gasteiger partial charge in [0.25, 0.3) is 0 Å². The summed E-state index contributed by atoms with van der Waals surface area (Å²) in [7, 11) is -2.03. The van der Waals surface area contributed by atoms with E-state index in [1.165, 1.54) is 18.4 Å². The maximum atomic E-state index is 11.8. The van der Waals surface area contributed by atoms with Gasteiger partial charge in [-0.2, -0.15) is 4.31 Å². The number of hydrogen-bond donors (Lipinski definition) is 1. The van der Waals surface area contributed by atoms with Crippen LogP contribution in [-0.4, -0.2) is 43.5 Å². The number of hydrogen-bond acceptors (Lipinski definition) is 5. The van der Waals surface area contributed by atoms with Crippen LogP contribution in [-0.2, 0) is 14.8 Å². The number of anilines is 1. The van der Waals surface area contributed by atoms with E-state index in [4.69, 9.17) is 0 Å². The summed E-state index contributed by atoms with van der Waals surface area (Å²) in [6.45, 7) is -0.245. The molecule has 2 aromatic rings. The van der Waals surface area contributed by atoms with Gasteiger partial charge in [0.1, 0.15) is 0 Å². The molecule has 0 radical (unpaired) electrons. The zero-order valence-electron chi connectivity index (χ0n) is 11.9. The van der Waals surface area contributed by atoms with Gasteiger partial charge in [-0.1, -0.05) is 28.1 Å². The summed E-state index contributed by atoms with van der Waals surface area (Å²) in [6.07, 6.45) is 1.05. The number of nitrogens with zero attached hydrogens (tertiary/aromatic N) is 2. The van der Waals surface area contributed by atoms with Crippen molar-refractivity contribution in [3.8, 4) is 11.3 Å². The highest BCUT2D eigenvalue weighted by Gasteiger charge is 2.16. The Bertz CT molecular complexity index is 789. The fraction of sp³-hybridized carbons (Fsp3) is 0.231. The molecule has 0 aliphatic carbocycles. The zero-order chi connectivity index (χ0) is 16.3. The number of thiazole rings is 1. The Hall–Kier alpha value is -1.29. The maximum absolute atomic E-state index is 11.8. The van der Waals surface area contributed by atoms with Gasteiger partial charge in [-0.25, -0.2) is 13.4 Å². The number of carbonyl (C=O) groups is 1. The zero-order valence-corrected chi connectivity index (χ0v) is 15.1. The number of benzene rings is 1. The third-order valence-corrected chi connectivity index (χ3v) is 5.32. The lowest BCUT2D eigenvalue weighted by Crippen LogP contribution is -2.34. The summed E-state index contributed by atoms with van der Waals surface area (Å²) in [6, 6.07) is 7.67. The number of amides is 1. The number of carbonyl (C=O) groups excluding carboxylic acids is 1. The van der Waals surface area contributed by atoms with Crippen LogP contribution in [0.3, 0.4) is 0 Å². The van der Waals surface area contributed by atoms with Crippen molar-refractivity contribution in [3.05, 3.63) is 34.1 Å². The van der Waals surface area contributed by atoms with Crippen LogP contribution >= 0.6 is 27.3 Å². The van der Waals surface area contributed by atoms with Gasteiger partial charge < -0.3 is 5.32 Å². The average Bonchev–Trinajstić information content (AvgIpc) is 2.86. The first kappa shape index (κ1) is 17.1. The van der Waals surface area contributed by atoms with Gasteiger partial charge in [0.05, 0.1) is 18.5 Å². The minimum Gasteiger partial charge on any atom is -0.301 e. The van der Waals surface area contributed by atoms with E-state index in [0.717, 1.165) is 26.3 Å². The largest absolute Gasteiger partial charge is 0.301 e. The number of rotatable bonds is 5. The van der Waals surface area contributed by atoms with Crippen LogP contribution in [0.2, 0.25) is 0 Å². The molecule has 0 saturated carbocycles. The Labute approximate surface area is 141 Å². The van der Waals surface area contributed by atoms with Crippen molar-refractivity contribution in [1.29, 1.82) is 0 Å². The smallest absolute Gasteiger partial charge is 0.241 e. The van der Waals surface area contributed by atoms with Crippen molar-refractivity contribution < 1.29 is 13.2 Å². The first-order chi connectivity index (χ1) is 10.3. The molecule has 2 rings (SSSR count). The van der Waals surface area contributed by atoms with E-state index in [9.17, 15) is 13.2 Å². The van der Waals surface area contributed by atoms with E-state index in [-0.39, 0.29) is 6.54 Å². The normalized spacial score (nSPS) is 11.6. The van der Waals surface area contributed by atoms with Gasteiger partial charge in [0.15, 0.2) is 5.13 Å². The van der Waals surface area contributed by atoms with Crippen LogP contribution in [0.15, 0.2) is 34.1 Å². The van der Waals surface area contributed by atoms with Crippen LogP contribution in [0, 0.1) is 0 Å². The number of nitrogens with one attached hydrogen (secondary N) is 1. The maximum Gasteiger partial charge on any atom is 0.241 e. The molecule has 1 heterocycles. The van der Waals surface area contributed by atoms with E-state index in [2.05, 4.69) is 26.2 Å². The molecule has 6 nitrogen and oxygen atoms in total. The molecule has 118 valence electrons. The second-order valence-corrected chi connectivity index (χ2v) is 8.48. The minimum atomic E-state index is -3.38. The molecule has 0 aliphatic rings. The van der Waals surface area contributed by atoms with E-state index in [1.54, 1.807) is 0 Å². The molecular formula is C13H14BrN3O3S2. The average molecular weight is 404 g/mol. The van der Waals surface area contributed by atoms with Crippen LogP contribution in [0.4, 0.5) is 5.13 Å². The quantitative estimate of drug-likeness (QED) is 0.830. The standard InChI is InChI=1S/C13H14BrN3O3S2/c1-17(22(2,19)20)7-12(18)16-13-15-11(8-21-13)9-4-3-5-10(14)6-9/h3-6,8H,7H2,1-2H3,(H,15,16,18). The lowest BCUT2D eigenvalue weighted by atomic mass is 10.2. The molecular weight excluding hydrogens is 390 g/mol. The first-order valence-corrected chi connectivity index (χ1v) is 9.70. The van der Waals surface area contributed by atoms with Gasteiger partial charge >= 0.3 is 0 Å². The molecule has 1 amide bonds. The van der Waals surface area contributed by atoms with Crippen molar-refractivity contribution in [2.24, 2.45) is 0 Å². The highest BCUT2D eigenvalue weighted by molar-refractivity contribution is 9.10. The SMILES string of the molecule is CN(CC(=O)Nc1nc(-c2cccc(Br)c2)cs1)S(C)(=O)=O. The molecule has 1 aromatic carbocycles. The number of sulfonamides is 1. The molecule has 0 spiro atoms. The second kappa shape index (κ2) is 6.86. The third-order valence-electron chi connectivity index (χ3n) is 2.80. The molecule has 0 bridgehead atoms. The summed E-state index contributed by atoms with van der Waals surface area (Å²) < 4.78 is 24.5. The van der Waals surface area contributed by atoms with E-state index in [0.29, 0.717) is 5.13 Å². The Morgan fingerprint density at radius 2 is 2.18 bits per heavy atom. The second-order valence-electron chi connectivity index (χ2n) is 4.62. The van der Waals surface area contributed by atoms with Crippen LogP contribution in [0.25, 0.3) is 11.3 Å². The molecule has 0 atom stereocenters. The highest BCUT2D eigenvalue weighted by atomic mass is 79.9. The fourth-order valence-electron chi connectivity index (χ4n) is 1.59. The van der Waals surface area contributed by atoms with E-state index >= 15 is 0 Å². The lowest BCUT2D eigenvalue weighted by molar-refractivity contribution is -0.116. The third kappa shape index (κ3) is 4.60. The van der Waals surface area contributed by atoms with Crippen molar-refractivity contribution in [1.82, 2.24) is 9.29 Å².